The number of benzene rings is 1. The van der Waals surface area contributed by atoms with Crippen LogP contribution >= 0.6 is 0 Å². The van der Waals surface area contributed by atoms with E-state index in [0.717, 1.165) is 37.0 Å². The van der Waals surface area contributed by atoms with Crippen molar-refractivity contribution in [3.63, 3.8) is 0 Å². The first-order valence-corrected chi connectivity index (χ1v) is 6.57. The summed E-state index contributed by atoms with van der Waals surface area (Å²) in [4.78, 5) is 11.2. The quantitative estimate of drug-likeness (QED) is 0.902. The molecule has 1 N–H and O–H groups in total. The van der Waals surface area contributed by atoms with Crippen molar-refractivity contribution in [1.29, 1.82) is 0 Å². The maximum atomic E-state index is 11.2. The summed E-state index contributed by atoms with van der Waals surface area (Å²) in [6.07, 6.45) is 3.77. The van der Waals surface area contributed by atoms with Gasteiger partial charge in [-0.2, -0.15) is 0 Å². The lowest BCUT2D eigenvalue weighted by Crippen LogP contribution is -2.14. The molecular formula is C15H17NO3. The maximum absolute atomic E-state index is 11.2. The van der Waals surface area contributed by atoms with Crippen LogP contribution in [0, 0.1) is 0 Å². The van der Waals surface area contributed by atoms with Gasteiger partial charge in [-0.15, -0.1) is 0 Å². The molecular weight excluding hydrogens is 242 g/mol. The maximum Gasteiger partial charge on any atom is 0.337 e. The molecule has 0 spiro atoms. The lowest BCUT2D eigenvalue weighted by molar-refractivity contribution is 0.0699. The van der Waals surface area contributed by atoms with E-state index in [4.69, 9.17) is 4.74 Å². The van der Waals surface area contributed by atoms with Crippen LogP contribution in [0.25, 0.3) is 10.9 Å². The molecule has 4 heteroatoms. The molecule has 2 heterocycles. The number of aromatic nitrogens is 1. The minimum absolute atomic E-state index is 0.371. The highest BCUT2D eigenvalue weighted by Crippen LogP contribution is 2.30. The van der Waals surface area contributed by atoms with Gasteiger partial charge < -0.3 is 14.4 Å². The summed E-state index contributed by atoms with van der Waals surface area (Å²) in [5.41, 5.74) is 2.64. The van der Waals surface area contributed by atoms with Crippen molar-refractivity contribution in [2.45, 2.75) is 18.8 Å². The molecule has 1 saturated heterocycles. The van der Waals surface area contributed by atoms with Crippen LogP contribution < -0.4 is 0 Å². The van der Waals surface area contributed by atoms with Gasteiger partial charge in [0.1, 0.15) is 0 Å². The van der Waals surface area contributed by atoms with Gasteiger partial charge in [-0.25, -0.2) is 4.79 Å². The topological polar surface area (TPSA) is 51.5 Å². The summed E-state index contributed by atoms with van der Waals surface area (Å²) >= 11 is 0. The Morgan fingerprint density at radius 2 is 2.11 bits per heavy atom. The molecule has 1 aliphatic heterocycles. The largest absolute Gasteiger partial charge is 0.478 e. The van der Waals surface area contributed by atoms with Crippen molar-refractivity contribution in [1.82, 2.24) is 4.57 Å². The van der Waals surface area contributed by atoms with Gasteiger partial charge in [-0.3, -0.25) is 0 Å². The van der Waals surface area contributed by atoms with Crippen molar-refractivity contribution in [2.75, 3.05) is 13.2 Å². The summed E-state index contributed by atoms with van der Waals surface area (Å²) in [6.45, 7) is 1.63. The van der Waals surface area contributed by atoms with E-state index in [-0.39, 0.29) is 0 Å². The molecule has 1 aromatic carbocycles. The van der Waals surface area contributed by atoms with Crippen LogP contribution in [-0.2, 0) is 11.8 Å². The molecule has 1 aliphatic rings. The van der Waals surface area contributed by atoms with Crippen LogP contribution in [0.4, 0.5) is 0 Å². The second kappa shape index (κ2) is 4.70. The number of hydrogen-bond donors (Lipinski definition) is 1. The highest BCUT2D eigenvalue weighted by molar-refractivity contribution is 6.03. The van der Waals surface area contributed by atoms with Crippen molar-refractivity contribution < 1.29 is 14.6 Å². The number of nitrogens with zero attached hydrogens (tertiary/aromatic N) is 1. The Balaban J connectivity index is 2.05. The molecule has 0 radical (unpaired) electrons. The molecule has 1 aromatic heterocycles. The molecule has 1 fully saturated rings. The van der Waals surface area contributed by atoms with Gasteiger partial charge in [-0.1, -0.05) is 12.1 Å². The van der Waals surface area contributed by atoms with Crippen LogP contribution in [-0.4, -0.2) is 28.9 Å². The number of hydrogen-bond acceptors (Lipinski definition) is 2. The highest BCUT2D eigenvalue weighted by Gasteiger charge is 2.18. The monoisotopic (exact) mass is 259 g/mol. The smallest absolute Gasteiger partial charge is 0.337 e. The lowest BCUT2D eigenvalue weighted by Gasteiger charge is -2.22. The number of rotatable bonds is 2. The molecule has 0 unspecified atom stereocenters. The molecule has 0 aliphatic carbocycles. The van der Waals surface area contributed by atoms with Crippen LogP contribution in [0.3, 0.4) is 0 Å². The Kier molecular flexibility index (Phi) is 3.03. The van der Waals surface area contributed by atoms with Gasteiger partial charge in [0.05, 0.1) is 5.56 Å². The normalized spacial score (nSPS) is 16.9. The minimum atomic E-state index is -0.871. The summed E-state index contributed by atoms with van der Waals surface area (Å²) in [5.74, 6) is -0.342. The minimum Gasteiger partial charge on any atom is -0.478 e. The zero-order chi connectivity index (χ0) is 13.4. The number of ether oxygens (including phenoxy) is 1. The second-order valence-corrected chi connectivity index (χ2v) is 5.12. The predicted octanol–water partition coefficient (Wildman–Crippen LogP) is 2.77. The third kappa shape index (κ3) is 2.12. The predicted molar refractivity (Wildman–Crippen MR) is 72.7 cm³/mol. The van der Waals surface area contributed by atoms with Gasteiger partial charge in [0.2, 0.25) is 0 Å². The van der Waals surface area contributed by atoms with E-state index >= 15 is 0 Å². The van der Waals surface area contributed by atoms with Gasteiger partial charge >= 0.3 is 5.97 Å². The summed E-state index contributed by atoms with van der Waals surface area (Å²) < 4.78 is 7.28. The van der Waals surface area contributed by atoms with Crippen LogP contribution in [0.5, 0.6) is 0 Å². The number of aromatic carboxylic acids is 1. The van der Waals surface area contributed by atoms with E-state index in [1.807, 2.05) is 17.7 Å². The Morgan fingerprint density at radius 1 is 1.37 bits per heavy atom. The first-order valence-electron chi connectivity index (χ1n) is 6.57. The zero-order valence-electron chi connectivity index (χ0n) is 10.9. The van der Waals surface area contributed by atoms with E-state index in [9.17, 15) is 9.90 Å². The molecule has 2 aromatic rings. The molecule has 3 rings (SSSR count). The number of fused-ring (bicyclic) bond motifs is 1. The fourth-order valence-electron chi connectivity index (χ4n) is 2.86. The van der Waals surface area contributed by atoms with Gasteiger partial charge in [0.25, 0.3) is 0 Å². The van der Waals surface area contributed by atoms with Crippen molar-refractivity contribution in [2.24, 2.45) is 7.05 Å². The zero-order valence-corrected chi connectivity index (χ0v) is 10.9. The fraction of sp³-hybridized carbons (Fsp3) is 0.400. The Hall–Kier alpha value is -1.81. The molecule has 19 heavy (non-hydrogen) atoms. The van der Waals surface area contributed by atoms with E-state index in [1.165, 1.54) is 5.56 Å². The molecule has 0 amide bonds. The standard InChI is InChI=1S/C15H17NO3/c1-16-9-13(15(17)18)12-3-2-11(8-14(12)16)10-4-6-19-7-5-10/h2-3,8-10H,4-7H2,1H3,(H,17,18). The van der Waals surface area contributed by atoms with Crippen LogP contribution in [0.1, 0.15) is 34.7 Å². The van der Waals surface area contributed by atoms with Gasteiger partial charge in [0.15, 0.2) is 0 Å². The van der Waals surface area contributed by atoms with E-state index in [1.54, 1.807) is 6.20 Å². The van der Waals surface area contributed by atoms with Crippen LogP contribution in [0.15, 0.2) is 24.4 Å². The second-order valence-electron chi connectivity index (χ2n) is 5.12. The highest BCUT2D eigenvalue weighted by atomic mass is 16.5. The SMILES string of the molecule is Cn1cc(C(=O)O)c2ccc(C3CCOCC3)cc21. The Morgan fingerprint density at radius 3 is 2.79 bits per heavy atom. The van der Waals surface area contributed by atoms with E-state index in [0.29, 0.717) is 11.5 Å². The number of carbonyl (C=O) groups is 1. The lowest BCUT2D eigenvalue weighted by atomic mass is 9.91. The molecule has 4 nitrogen and oxygen atoms in total. The van der Waals surface area contributed by atoms with Crippen molar-refractivity contribution in [3.05, 3.63) is 35.5 Å². The summed E-state index contributed by atoms with van der Waals surface area (Å²) in [7, 11) is 1.89. The average molecular weight is 259 g/mol. The number of carboxylic acids is 1. The average Bonchev–Trinajstić information content (AvgIpc) is 2.77. The summed E-state index contributed by atoms with van der Waals surface area (Å²) in [6, 6.07) is 6.12. The molecule has 0 saturated carbocycles. The van der Waals surface area contributed by atoms with Crippen LogP contribution in [0.2, 0.25) is 0 Å². The molecule has 0 bridgehead atoms. The Labute approximate surface area is 111 Å². The third-order valence-corrected chi connectivity index (χ3v) is 3.94. The Bertz CT molecular complexity index is 624. The first kappa shape index (κ1) is 12.2. The van der Waals surface area contributed by atoms with Gasteiger partial charge in [0, 0.05) is 37.4 Å². The summed E-state index contributed by atoms with van der Waals surface area (Å²) in [5, 5.41) is 10.00. The number of carboxylic acid groups (broad SMARTS) is 1. The van der Waals surface area contributed by atoms with E-state index in [2.05, 4.69) is 12.1 Å². The van der Waals surface area contributed by atoms with E-state index < -0.39 is 5.97 Å². The number of aryl methyl sites for hydroxylation is 1. The fourth-order valence-corrected chi connectivity index (χ4v) is 2.86. The van der Waals surface area contributed by atoms with Gasteiger partial charge in [-0.05, 0) is 30.4 Å². The first-order chi connectivity index (χ1) is 9.16. The van der Waals surface area contributed by atoms with Crippen molar-refractivity contribution >= 4 is 16.9 Å². The van der Waals surface area contributed by atoms with Crippen molar-refractivity contribution in [3.8, 4) is 0 Å². The third-order valence-electron chi connectivity index (χ3n) is 3.94. The molecule has 0 atom stereocenters. The molecule has 100 valence electrons.